The van der Waals surface area contributed by atoms with Gasteiger partial charge in [0.2, 0.25) is 11.3 Å². The van der Waals surface area contributed by atoms with E-state index in [1.807, 2.05) is 0 Å². The van der Waals surface area contributed by atoms with E-state index < -0.39 is 11.6 Å². The zero-order chi connectivity index (χ0) is 27.8. The number of anilines is 3. The summed E-state index contributed by atoms with van der Waals surface area (Å²) >= 11 is 0. The number of fused-ring (bicyclic) bond motifs is 1. The van der Waals surface area contributed by atoms with E-state index in [0.717, 1.165) is 12.8 Å². The van der Waals surface area contributed by atoms with E-state index in [1.54, 1.807) is 54.3 Å². The third kappa shape index (κ3) is 5.11. The van der Waals surface area contributed by atoms with Crippen molar-refractivity contribution in [1.29, 1.82) is 0 Å². The second kappa shape index (κ2) is 10.2. The van der Waals surface area contributed by atoms with Crippen LogP contribution in [0.4, 0.5) is 26.1 Å². The summed E-state index contributed by atoms with van der Waals surface area (Å²) in [6.07, 6.45) is 6.45. The molecule has 8 nitrogen and oxygen atoms in total. The SMILES string of the molecule is Cn1cc(-c2ccc(F)cc2)c(=O)c2c(Nc3ccc(Oc4ccnc(NC(=O)C5CC5)c4)c(F)c3)nccc21. The number of benzene rings is 2. The van der Waals surface area contributed by atoms with Gasteiger partial charge in [0.1, 0.15) is 23.2 Å². The monoisotopic (exact) mass is 539 g/mol. The van der Waals surface area contributed by atoms with Crippen LogP contribution in [-0.4, -0.2) is 20.4 Å². The van der Waals surface area contributed by atoms with Gasteiger partial charge in [-0.1, -0.05) is 12.1 Å². The van der Waals surface area contributed by atoms with Crippen molar-refractivity contribution in [1.82, 2.24) is 14.5 Å². The molecule has 1 aliphatic carbocycles. The topological polar surface area (TPSA) is 98.1 Å². The minimum atomic E-state index is -0.648. The molecule has 0 saturated heterocycles. The van der Waals surface area contributed by atoms with Crippen LogP contribution in [0.2, 0.25) is 0 Å². The lowest BCUT2D eigenvalue weighted by molar-refractivity contribution is -0.117. The van der Waals surface area contributed by atoms with Gasteiger partial charge in [-0.3, -0.25) is 9.59 Å². The van der Waals surface area contributed by atoms with Gasteiger partial charge < -0.3 is 19.9 Å². The lowest BCUT2D eigenvalue weighted by atomic mass is 10.0. The minimum absolute atomic E-state index is 0.0230. The molecule has 3 heterocycles. The molecule has 0 unspecified atom stereocenters. The van der Waals surface area contributed by atoms with Gasteiger partial charge in [0, 0.05) is 54.9 Å². The molecule has 40 heavy (non-hydrogen) atoms. The number of rotatable bonds is 7. The summed E-state index contributed by atoms with van der Waals surface area (Å²) in [6, 6.07) is 14.8. The molecule has 10 heteroatoms. The number of nitrogens with zero attached hydrogens (tertiary/aromatic N) is 3. The standard InChI is InChI=1S/C30H23F2N5O3/c1-37-16-22(17-4-6-19(31)7-5-17)28(38)27-24(37)11-13-34-29(27)35-20-8-9-25(23(32)14-20)40-21-10-12-33-26(15-21)36-30(39)18-2-3-18/h4-16,18H,2-3H2,1H3,(H,34,35)(H,33,36,39). The van der Waals surface area contributed by atoms with E-state index in [0.29, 0.717) is 39.3 Å². The van der Waals surface area contributed by atoms with Crippen LogP contribution in [-0.2, 0) is 11.8 Å². The first-order valence-electron chi connectivity index (χ1n) is 12.6. The fourth-order valence-corrected chi connectivity index (χ4v) is 4.40. The van der Waals surface area contributed by atoms with E-state index in [2.05, 4.69) is 20.6 Å². The number of aryl methyl sites for hydroxylation is 1. The predicted molar refractivity (Wildman–Crippen MR) is 148 cm³/mol. The van der Waals surface area contributed by atoms with E-state index in [1.165, 1.54) is 36.5 Å². The number of hydrogen-bond acceptors (Lipinski definition) is 6. The van der Waals surface area contributed by atoms with Crippen molar-refractivity contribution < 1.29 is 18.3 Å². The zero-order valence-corrected chi connectivity index (χ0v) is 21.3. The molecule has 0 radical (unpaired) electrons. The molecule has 1 fully saturated rings. The highest BCUT2D eigenvalue weighted by molar-refractivity contribution is 5.94. The van der Waals surface area contributed by atoms with Crippen molar-refractivity contribution in [3.63, 3.8) is 0 Å². The second-order valence-electron chi connectivity index (χ2n) is 9.56. The molecular weight excluding hydrogens is 516 g/mol. The summed E-state index contributed by atoms with van der Waals surface area (Å²) in [7, 11) is 1.80. The average molecular weight is 540 g/mol. The molecule has 200 valence electrons. The number of pyridine rings is 3. The van der Waals surface area contributed by atoms with E-state index in [9.17, 15) is 14.0 Å². The van der Waals surface area contributed by atoms with E-state index >= 15 is 4.39 Å². The number of nitrogens with one attached hydrogen (secondary N) is 2. The Morgan fingerprint density at radius 2 is 1.77 bits per heavy atom. The highest BCUT2D eigenvalue weighted by Crippen LogP contribution is 2.32. The van der Waals surface area contributed by atoms with Crippen LogP contribution < -0.4 is 20.8 Å². The maximum Gasteiger partial charge on any atom is 0.228 e. The quantitative estimate of drug-likeness (QED) is 0.257. The number of halogens is 2. The minimum Gasteiger partial charge on any atom is -0.454 e. The van der Waals surface area contributed by atoms with Crippen LogP contribution in [0.3, 0.4) is 0 Å². The highest BCUT2D eigenvalue weighted by atomic mass is 19.1. The third-order valence-corrected chi connectivity index (χ3v) is 6.61. The Morgan fingerprint density at radius 3 is 2.52 bits per heavy atom. The molecule has 0 spiro atoms. The summed E-state index contributed by atoms with van der Waals surface area (Å²) in [5.74, 6) is -0.250. The van der Waals surface area contributed by atoms with Gasteiger partial charge >= 0.3 is 0 Å². The number of aromatic nitrogens is 3. The number of ether oxygens (including phenoxy) is 1. The van der Waals surface area contributed by atoms with Gasteiger partial charge in [0.05, 0.1) is 10.9 Å². The van der Waals surface area contributed by atoms with Crippen molar-refractivity contribution in [3.05, 3.63) is 101 Å². The first-order valence-corrected chi connectivity index (χ1v) is 12.6. The van der Waals surface area contributed by atoms with Gasteiger partial charge in [0.25, 0.3) is 0 Å². The molecule has 0 aliphatic heterocycles. The van der Waals surface area contributed by atoms with Crippen LogP contribution in [0.1, 0.15) is 12.8 Å². The van der Waals surface area contributed by atoms with Crippen molar-refractivity contribution in [2.24, 2.45) is 13.0 Å². The molecule has 1 aliphatic rings. The van der Waals surface area contributed by atoms with Crippen LogP contribution in [0.25, 0.3) is 22.0 Å². The highest BCUT2D eigenvalue weighted by Gasteiger charge is 2.29. The van der Waals surface area contributed by atoms with E-state index in [4.69, 9.17) is 4.74 Å². The Hall–Kier alpha value is -5.12. The molecule has 0 bridgehead atoms. The summed E-state index contributed by atoms with van der Waals surface area (Å²) in [5, 5.41) is 6.09. The van der Waals surface area contributed by atoms with Crippen LogP contribution >= 0.6 is 0 Å². The summed E-state index contributed by atoms with van der Waals surface area (Å²) < 4.78 is 36.0. The van der Waals surface area contributed by atoms with Gasteiger partial charge in [-0.25, -0.2) is 18.7 Å². The summed E-state index contributed by atoms with van der Waals surface area (Å²) in [6.45, 7) is 0. The fraction of sp³-hybridized carbons (Fsp3) is 0.133. The first-order chi connectivity index (χ1) is 19.4. The van der Waals surface area contributed by atoms with Gasteiger partial charge in [-0.15, -0.1) is 0 Å². The fourth-order valence-electron chi connectivity index (χ4n) is 4.40. The first kappa shape index (κ1) is 25.2. The van der Waals surface area contributed by atoms with Gasteiger partial charge in [0.15, 0.2) is 11.6 Å². The molecular formula is C30H23F2N5O3. The van der Waals surface area contributed by atoms with Crippen molar-refractivity contribution >= 4 is 34.1 Å². The van der Waals surface area contributed by atoms with Gasteiger partial charge in [-0.05, 0) is 54.8 Å². The second-order valence-corrected chi connectivity index (χ2v) is 9.56. The normalized spacial score (nSPS) is 12.8. The Kier molecular flexibility index (Phi) is 6.43. The smallest absolute Gasteiger partial charge is 0.228 e. The third-order valence-electron chi connectivity index (χ3n) is 6.61. The van der Waals surface area contributed by atoms with Crippen LogP contribution in [0, 0.1) is 17.6 Å². The maximum absolute atomic E-state index is 15.1. The summed E-state index contributed by atoms with van der Waals surface area (Å²) in [4.78, 5) is 34.0. The van der Waals surface area contributed by atoms with Crippen molar-refractivity contribution in [2.75, 3.05) is 10.6 Å². The predicted octanol–water partition coefficient (Wildman–Crippen LogP) is 6.16. The zero-order valence-electron chi connectivity index (χ0n) is 21.3. The summed E-state index contributed by atoms with van der Waals surface area (Å²) in [5.41, 5.74) is 1.63. The lowest BCUT2D eigenvalue weighted by Gasteiger charge is -2.14. The molecule has 2 aromatic carbocycles. The molecule has 6 rings (SSSR count). The number of carbonyl (C=O) groups is 1. The largest absolute Gasteiger partial charge is 0.454 e. The molecule has 3 aromatic heterocycles. The van der Waals surface area contributed by atoms with Gasteiger partial charge in [-0.2, -0.15) is 0 Å². The number of hydrogen-bond donors (Lipinski definition) is 2. The Labute approximate surface area is 227 Å². The number of carbonyl (C=O) groups excluding carboxylic acids is 1. The Balaban J connectivity index is 1.27. The number of amides is 1. The van der Waals surface area contributed by atoms with Crippen molar-refractivity contribution in [2.45, 2.75) is 12.8 Å². The maximum atomic E-state index is 15.1. The van der Waals surface area contributed by atoms with E-state index in [-0.39, 0.29) is 28.8 Å². The molecule has 1 saturated carbocycles. The van der Waals surface area contributed by atoms with Crippen LogP contribution in [0.5, 0.6) is 11.5 Å². The Morgan fingerprint density at radius 1 is 1.00 bits per heavy atom. The Bertz CT molecular complexity index is 1820. The van der Waals surface area contributed by atoms with Crippen LogP contribution in [0.15, 0.2) is 84.0 Å². The van der Waals surface area contributed by atoms with Crippen molar-refractivity contribution in [3.8, 4) is 22.6 Å². The average Bonchev–Trinajstić information content (AvgIpc) is 3.79. The molecule has 1 amide bonds. The molecule has 2 N–H and O–H groups in total. The molecule has 0 atom stereocenters. The lowest BCUT2D eigenvalue weighted by Crippen LogP contribution is -2.14. The molecule has 5 aromatic rings.